The predicted molar refractivity (Wildman–Crippen MR) is 72.8 cm³/mol. The van der Waals surface area contributed by atoms with Crippen molar-refractivity contribution in [3.8, 4) is 0 Å². The maximum absolute atomic E-state index is 12.4. The fourth-order valence-corrected chi connectivity index (χ4v) is 2.86. The molecule has 0 radical (unpaired) electrons. The van der Waals surface area contributed by atoms with Gasteiger partial charge in [-0.1, -0.05) is 6.42 Å². The van der Waals surface area contributed by atoms with E-state index in [1.807, 2.05) is 13.2 Å². The Kier molecular flexibility index (Phi) is 4.42. The summed E-state index contributed by atoms with van der Waals surface area (Å²) in [5.74, 6) is -1.27. The van der Waals surface area contributed by atoms with E-state index in [0.29, 0.717) is 19.4 Å². The summed E-state index contributed by atoms with van der Waals surface area (Å²) in [5.41, 5.74) is 0.981. The van der Waals surface area contributed by atoms with Gasteiger partial charge in [0.05, 0.1) is 12.1 Å². The van der Waals surface area contributed by atoms with Gasteiger partial charge in [-0.3, -0.25) is 14.3 Å². The monoisotopic (exact) mass is 279 g/mol. The molecule has 1 aromatic rings. The SMILES string of the molecule is CN(Cc1cnn(C)c1)C(=O)C1CCCC(C(=O)O)C1. The highest BCUT2D eigenvalue weighted by atomic mass is 16.4. The number of carbonyl (C=O) groups excluding carboxylic acids is 1. The second-order valence-corrected chi connectivity index (χ2v) is 5.62. The van der Waals surface area contributed by atoms with Crippen molar-refractivity contribution in [2.75, 3.05) is 7.05 Å². The lowest BCUT2D eigenvalue weighted by molar-refractivity contribution is -0.145. The molecule has 2 unspecified atom stereocenters. The summed E-state index contributed by atoms with van der Waals surface area (Å²) < 4.78 is 1.70. The van der Waals surface area contributed by atoms with Gasteiger partial charge in [-0.15, -0.1) is 0 Å². The van der Waals surface area contributed by atoms with Crippen LogP contribution in [0.15, 0.2) is 12.4 Å². The van der Waals surface area contributed by atoms with Gasteiger partial charge in [0, 0.05) is 38.3 Å². The summed E-state index contributed by atoms with van der Waals surface area (Å²) in [6.45, 7) is 0.515. The maximum atomic E-state index is 12.4. The lowest BCUT2D eigenvalue weighted by Crippen LogP contribution is -2.36. The molecule has 1 aliphatic rings. The number of aliphatic carboxylic acids is 1. The molecule has 2 atom stereocenters. The third-order valence-electron chi connectivity index (χ3n) is 3.93. The van der Waals surface area contributed by atoms with Crippen LogP contribution in [0.2, 0.25) is 0 Å². The summed E-state index contributed by atoms with van der Waals surface area (Å²) in [5, 5.41) is 13.2. The highest BCUT2D eigenvalue weighted by Gasteiger charge is 2.32. The van der Waals surface area contributed by atoms with E-state index in [1.54, 1.807) is 22.8 Å². The standard InChI is InChI=1S/C14H21N3O3/c1-16(8-10-7-15-17(2)9-10)13(18)11-4-3-5-12(6-11)14(19)20/h7,9,11-12H,3-6,8H2,1-2H3,(H,19,20). The molecule has 0 spiro atoms. The first kappa shape index (κ1) is 14.6. The summed E-state index contributed by atoms with van der Waals surface area (Å²) in [6.07, 6.45) is 6.38. The van der Waals surface area contributed by atoms with E-state index in [0.717, 1.165) is 18.4 Å². The molecule has 1 fully saturated rings. The quantitative estimate of drug-likeness (QED) is 0.900. The van der Waals surface area contributed by atoms with Gasteiger partial charge in [-0.25, -0.2) is 0 Å². The van der Waals surface area contributed by atoms with Crippen LogP contribution in [-0.2, 0) is 23.2 Å². The highest BCUT2D eigenvalue weighted by Crippen LogP contribution is 2.30. The van der Waals surface area contributed by atoms with Crippen molar-refractivity contribution in [2.24, 2.45) is 18.9 Å². The first-order valence-electron chi connectivity index (χ1n) is 6.92. The molecule has 0 saturated heterocycles. The van der Waals surface area contributed by atoms with E-state index in [-0.39, 0.29) is 17.7 Å². The van der Waals surface area contributed by atoms with Crippen molar-refractivity contribution in [1.82, 2.24) is 14.7 Å². The van der Waals surface area contributed by atoms with Gasteiger partial charge in [0.2, 0.25) is 5.91 Å². The molecular formula is C14H21N3O3. The van der Waals surface area contributed by atoms with Crippen LogP contribution in [0, 0.1) is 11.8 Å². The fourth-order valence-electron chi connectivity index (χ4n) is 2.86. The second kappa shape index (κ2) is 6.07. The van der Waals surface area contributed by atoms with Crippen molar-refractivity contribution in [3.63, 3.8) is 0 Å². The molecule has 0 aromatic carbocycles. The van der Waals surface area contributed by atoms with Crippen molar-refractivity contribution >= 4 is 11.9 Å². The zero-order chi connectivity index (χ0) is 14.7. The lowest BCUT2D eigenvalue weighted by atomic mass is 9.81. The average Bonchev–Trinajstić information content (AvgIpc) is 2.83. The summed E-state index contributed by atoms with van der Waals surface area (Å²) in [4.78, 5) is 25.1. The number of carboxylic acids is 1. The number of nitrogens with zero attached hydrogens (tertiary/aromatic N) is 3. The smallest absolute Gasteiger partial charge is 0.306 e. The Morgan fingerprint density at radius 2 is 2.15 bits per heavy atom. The van der Waals surface area contributed by atoms with Crippen LogP contribution >= 0.6 is 0 Å². The number of hydrogen-bond donors (Lipinski definition) is 1. The van der Waals surface area contributed by atoms with Crippen molar-refractivity contribution < 1.29 is 14.7 Å². The molecule has 1 aromatic heterocycles. The Morgan fingerprint density at radius 1 is 1.45 bits per heavy atom. The Balaban J connectivity index is 1.94. The largest absolute Gasteiger partial charge is 0.481 e. The normalized spacial score (nSPS) is 22.5. The number of hydrogen-bond acceptors (Lipinski definition) is 3. The first-order chi connectivity index (χ1) is 9.47. The summed E-state index contributed by atoms with van der Waals surface area (Å²) in [7, 11) is 3.60. The predicted octanol–water partition coefficient (Wildman–Crippen LogP) is 1.27. The molecule has 6 nitrogen and oxygen atoms in total. The minimum atomic E-state index is -0.780. The molecule has 20 heavy (non-hydrogen) atoms. The van der Waals surface area contributed by atoms with E-state index >= 15 is 0 Å². The van der Waals surface area contributed by atoms with Crippen LogP contribution in [0.4, 0.5) is 0 Å². The first-order valence-corrected chi connectivity index (χ1v) is 6.92. The number of carbonyl (C=O) groups is 2. The van der Waals surface area contributed by atoms with Gasteiger partial charge in [0.1, 0.15) is 0 Å². The topological polar surface area (TPSA) is 75.4 Å². The van der Waals surface area contributed by atoms with Crippen molar-refractivity contribution in [2.45, 2.75) is 32.2 Å². The van der Waals surface area contributed by atoms with E-state index < -0.39 is 5.97 Å². The Labute approximate surface area is 118 Å². The van der Waals surface area contributed by atoms with E-state index in [4.69, 9.17) is 5.11 Å². The zero-order valence-electron chi connectivity index (χ0n) is 12.0. The van der Waals surface area contributed by atoms with Crippen LogP contribution in [-0.4, -0.2) is 38.7 Å². The Morgan fingerprint density at radius 3 is 2.75 bits per heavy atom. The third kappa shape index (κ3) is 3.37. The molecular weight excluding hydrogens is 258 g/mol. The van der Waals surface area contributed by atoms with Crippen LogP contribution < -0.4 is 0 Å². The van der Waals surface area contributed by atoms with Crippen LogP contribution in [0.1, 0.15) is 31.2 Å². The van der Waals surface area contributed by atoms with Gasteiger partial charge in [-0.2, -0.15) is 5.10 Å². The third-order valence-corrected chi connectivity index (χ3v) is 3.93. The molecule has 1 aliphatic carbocycles. The average molecular weight is 279 g/mol. The maximum Gasteiger partial charge on any atom is 0.306 e. The molecule has 1 heterocycles. The second-order valence-electron chi connectivity index (χ2n) is 5.62. The molecule has 1 saturated carbocycles. The molecule has 110 valence electrons. The zero-order valence-corrected chi connectivity index (χ0v) is 12.0. The van der Waals surface area contributed by atoms with Gasteiger partial charge in [-0.05, 0) is 19.3 Å². The van der Waals surface area contributed by atoms with E-state index in [2.05, 4.69) is 5.10 Å². The molecule has 1 N–H and O–H groups in total. The van der Waals surface area contributed by atoms with Crippen molar-refractivity contribution in [1.29, 1.82) is 0 Å². The van der Waals surface area contributed by atoms with Crippen molar-refractivity contribution in [3.05, 3.63) is 18.0 Å². The Bertz CT molecular complexity index is 498. The highest BCUT2D eigenvalue weighted by molar-refractivity contribution is 5.80. The Hall–Kier alpha value is -1.85. The summed E-state index contributed by atoms with van der Waals surface area (Å²) in [6, 6.07) is 0. The molecule has 6 heteroatoms. The summed E-state index contributed by atoms with van der Waals surface area (Å²) >= 11 is 0. The number of aryl methyl sites for hydroxylation is 1. The molecule has 1 amide bonds. The minimum absolute atomic E-state index is 0.0415. The fraction of sp³-hybridized carbons (Fsp3) is 0.643. The molecule has 0 aliphatic heterocycles. The van der Waals surface area contributed by atoms with Crippen LogP contribution in [0.25, 0.3) is 0 Å². The lowest BCUT2D eigenvalue weighted by Gasteiger charge is -2.29. The molecule has 2 rings (SSSR count). The van der Waals surface area contributed by atoms with Gasteiger partial charge >= 0.3 is 5.97 Å². The number of rotatable bonds is 4. The minimum Gasteiger partial charge on any atom is -0.481 e. The number of amides is 1. The van der Waals surface area contributed by atoms with Gasteiger partial charge < -0.3 is 10.0 Å². The van der Waals surface area contributed by atoms with Crippen LogP contribution in [0.3, 0.4) is 0 Å². The van der Waals surface area contributed by atoms with Gasteiger partial charge in [0.25, 0.3) is 0 Å². The van der Waals surface area contributed by atoms with E-state index in [9.17, 15) is 9.59 Å². The number of carboxylic acid groups (broad SMARTS) is 1. The van der Waals surface area contributed by atoms with E-state index in [1.165, 1.54) is 0 Å². The van der Waals surface area contributed by atoms with Gasteiger partial charge in [0.15, 0.2) is 0 Å². The number of aromatic nitrogens is 2. The molecule has 0 bridgehead atoms. The van der Waals surface area contributed by atoms with Crippen LogP contribution in [0.5, 0.6) is 0 Å².